The molecule has 0 spiro atoms. The van der Waals surface area contributed by atoms with Crippen LogP contribution in [0, 0.1) is 5.92 Å². The summed E-state index contributed by atoms with van der Waals surface area (Å²) >= 11 is 6.03. The molecule has 1 aliphatic rings. The molecule has 2 atom stereocenters. The highest BCUT2D eigenvalue weighted by Gasteiger charge is 2.28. The molecule has 2 unspecified atom stereocenters. The monoisotopic (exact) mass is 396 g/mol. The van der Waals surface area contributed by atoms with Gasteiger partial charge in [-0.3, -0.25) is 9.13 Å². The lowest BCUT2D eigenvalue weighted by Crippen LogP contribution is -2.32. The summed E-state index contributed by atoms with van der Waals surface area (Å²) in [6.07, 6.45) is 6.13. The van der Waals surface area contributed by atoms with Gasteiger partial charge in [0.1, 0.15) is 12.2 Å². The van der Waals surface area contributed by atoms with Gasteiger partial charge in [-0.25, -0.2) is 9.78 Å². The molecular weight excluding hydrogens is 368 g/mol. The molecule has 0 amide bonds. The highest BCUT2D eigenvalue weighted by molar-refractivity contribution is 6.76. The maximum Gasteiger partial charge on any atom is 0.332 e. The van der Waals surface area contributed by atoms with Crippen molar-refractivity contribution in [3.63, 3.8) is 0 Å². The second-order valence-electron chi connectivity index (χ2n) is 8.61. The minimum absolute atomic E-state index is 0.0664. The van der Waals surface area contributed by atoms with E-state index in [2.05, 4.69) is 36.5 Å². The SMILES string of the molecule is CC1CCCCC1n1c(=O)n(COCC[Si](C)(C)C)c2cnc(Cl)nc21. The fourth-order valence-electron chi connectivity index (χ4n) is 3.68. The minimum Gasteiger partial charge on any atom is -0.361 e. The van der Waals surface area contributed by atoms with Gasteiger partial charge in [0.05, 0.1) is 6.20 Å². The van der Waals surface area contributed by atoms with Crippen molar-refractivity contribution in [3.8, 4) is 0 Å². The molecule has 0 aromatic carbocycles. The largest absolute Gasteiger partial charge is 0.361 e. The van der Waals surface area contributed by atoms with Crippen LogP contribution in [0.2, 0.25) is 31.0 Å². The Morgan fingerprint density at radius 1 is 1.31 bits per heavy atom. The number of fused-ring (bicyclic) bond motifs is 1. The summed E-state index contributed by atoms with van der Waals surface area (Å²) in [4.78, 5) is 21.6. The quantitative estimate of drug-likeness (QED) is 0.414. The number of hydrogen-bond donors (Lipinski definition) is 0. The average Bonchev–Trinajstić information content (AvgIpc) is 2.82. The number of hydrogen-bond acceptors (Lipinski definition) is 4. The maximum atomic E-state index is 13.2. The summed E-state index contributed by atoms with van der Waals surface area (Å²) in [5.41, 5.74) is 1.26. The normalized spacial score (nSPS) is 21.4. The van der Waals surface area contributed by atoms with E-state index in [1.807, 2.05) is 4.57 Å². The van der Waals surface area contributed by atoms with Gasteiger partial charge in [0.25, 0.3) is 0 Å². The number of imidazole rings is 1. The number of halogens is 1. The lowest BCUT2D eigenvalue weighted by atomic mass is 9.86. The molecule has 2 heterocycles. The fraction of sp³-hybridized carbons (Fsp3) is 0.722. The van der Waals surface area contributed by atoms with E-state index in [4.69, 9.17) is 16.3 Å². The lowest BCUT2D eigenvalue weighted by Gasteiger charge is -2.29. The van der Waals surface area contributed by atoms with Gasteiger partial charge < -0.3 is 4.74 Å². The van der Waals surface area contributed by atoms with Crippen molar-refractivity contribution >= 4 is 30.8 Å². The molecule has 0 saturated heterocycles. The van der Waals surface area contributed by atoms with Gasteiger partial charge in [0.2, 0.25) is 5.28 Å². The summed E-state index contributed by atoms with van der Waals surface area (Å²) in [7, 11) is -1.16. The van der Waals surface area contributed by atoms with E-state index in [1.165, 1.54) is 6.42 Å². The van der Waals surface area contributed by atoms with E-state index < -0.39 is 8.07 Å². The average molecular weight is 397 g/mol. The third-order valence-electron chi connectivity index (χ3n) is 5.29. The zero-order chi connectivity index (χ0) is 18.9. The molecule has 144 valence electrons. The van der Waals surface area contributed by atoms with Crippen molar-refractivity contribution in [2.45, 2.75) is 71.1 Å². The number of aromatic nitrogens is 4. The van der Waals surface area contributed by atoms with Gasteiger partial charge in [-0.05, 0) is 36.4 Å². The van der Waals surface area contributed by atoms with Crippen LogP contribution in [0.5, 0.6) is 0 Å². The highest BCUT2D eigenvalue weighted by Crippen LogP contribution is 2.34. The van der Waals surface area contributed by atoms with Gasteiger partial charge in [-0.15, -0.1) is 0 Å². The predicted molar refractivity (Wildman–Crippen MR) is 108 cm³/mol. The number of ether oxygens (including phenoxy) is 1. The Kier molecular flexibility index (Phi) is 5.89. The van der Waals surface area contributed by atoms with Crippen LogP contribution in [0.25, 0.3) is 11.2 Å². The topological polar surface area (TPSA) is 61.9 Å². The molecule has 1 aliphatic carbocycles. The Morgan fingerprint density at radius 3 is 2.73 bits per heavy atom. The predicted octanol–water partition coefficient (Wildman–Crippen LogP) is 4.31. The Bertz CT molecular complexity index is 827. The number of rotatable bonds is 6. The molecule has 0 N–H and O–H groups in total. The van der Waals surface area contributed by atoms with Gasteiger partial charge in [0.15, 0.2) is 5.65 Å². The van der Waals surface area contributed by atoms with Crippen LogP contribution in [0.15, 0.2) is 11.0 Å². The van der Waals surface area contributed by atoms with E-state index >= 15 is 0 Å². The van der Waals surface area contributed by atoms with Crippen LogP contribution in [0.4, 0.5) is 0 Å². The molecule has 0 aliphatic heterocycles. The second-order valence-corrected chi connectivity index (χ2v) is 14.6. The highest BCUT2D eigenvalue weighted by atomic mass is 35.5. The van der Waals surface area contributed by atoms with E-state index in [-0.39, 0.29) is 23.7 Å². The van der Waals surface area contributed by atoms with E-state index in [1.54, 1.807) is 10.8 Å². The zero-order valence-electron chi connectivity index (χ0n) is 16.2. The Hall–Kier alpha value is -1.18. The first-order chi connectivity index (χ1) is 12.3. The smallest absolute Gasteiger partial charge is 0.332 e. The summed E-state index contributed by atoms with van der Waals surface area (Å²) in [5, 5.41) is 0.173. The summed E-state index contributed by atoms with van der Waals surface area (Å²) in [6.45, 7) is 10.1. The van der Waals surface area contributed by atoms with Gasteiger partial charge in [-0.2, -0.15) is 4.98 Å². The first-order valence-electron chi connectivity index (χ1n) is 9.49. The third-order valence-corrected chi connectivity index (χ3v) is 7.18. The van der Waals surface area contributed by atoms with E-state index in [9.17, 15) is 4.79 Å². The molecule has 1 saturated carbocycles. The molecule has 6 nitrogen and oxygen atoms in total. The van der Waals surface area contributed by atoms with Crippen molar-refractivity contribution in [2.75, 3.05) is 6.61 Å². The molecule has 26 heavy (non-hydrogen) atoms. The second kappa shape index (κ2) is 7.82. The maximum absolute atomic E-state index is 13.2. The van der Waals surface area contributed by atoms with Crippen molar-refractivity contribution < 1.29 is 4.74 Å². The van der Waals surface area contributed by atoms with Crippen LogP contribution in [-0.2, 0) is 11.5 Å². The van der Waals surface area contributed by atoms with Gasteiger partial charge in [0, 0.05) is 20.7 Å². The Labute approximate surface area is 160 Å². The number of nitrogens with zero attached hydrogens (tertiary/aromatic N) is 4. The molecule has 0 radical (unpaired) electrons. The van der Waals surface area contributed by atoms with Crippen molar-refractivity contribution in [1.82, 2.24) is 19.1 Å². The van der Waals surface area contributed by atoms with Crippen LogP contribution >= 0.6 is 11.6 Å². The molecule has 1 fully saturated rings. The summed E-state index contributed by atoms with van der Waals surface area (Å²) < 4.78 is 9.32. The summed E-state index contributed by atoms with van der Waals surface area (Å²) in [5.74, 6) is 0.446. The van der Waals surface area contributed by atoms with Crippen LogP contribution < -0.4 is 5.69 Å². The Morgan fingerprint density at radius 2 is 2.04 bits per heavy atom. The van der Waals surface area contributed by atoms with Gasteiger partial charge >= 0.3 is 5.69 Å². The molecule has 0 bridgehead atoms. The zero-order valence-corrected chi connectivity index (χ0v) is 17.9. The minimum atomic E-state index is -1.16. The lowest BCUT2D eigenvalue weighted by molar-refractivity contribution is 0.0863. The molecular formula is C18H29ClN4O2Si. The summed E-state index contributed by atoms with van der Waals surface area (Å²) in [6, 6.07) is 1.23. The third kappa shape index (κ3) is 4.21. The molecule has 8 heteroatoms. The fourth-order valence-corrected chi connectivity index (χ4v) is 4.56. The molecule has 2 aromatic heterocycles. The van der Waals surface area contributed by atoms with E-state index in [0.29, 0.717) is 23.7 Å². The van der Waals surface area contributed by atoms with Crippen LogP contribution in [0.1, 0.15) is 38.6 Å². The standard InChI is InChI=1S/C18H29ClN4O2Si/c1-13-7-5-6-8-14(13)23-16-15(11-20-17(19)21-16)22(18(23)24)12-25-9-10-26(2,3)4/h11,13-14H,5-10,12H2,1-4H3. The van der Waals surface area contributed by atoms with Crippen LogP contribution in [0.3, 0.4) is 0 Å². The van der Waals surface area contributed by atoms with Crippen molar-refractivity contribution in [3.05, 3.63) is 22.0 Å². The van der Waals surface area contributed by atoms with E-state index in [0.717, 1.165) is 25.3 Å². The first kappa shape index (κ1) is 19.6. The molecule has 2 aromatic rings. The first-order valence-corrected chi connectivity index (χ1v) is 13.6. The Balaban J connectivity index is 1.93. The van der Waals surface area contributed by atoms with Gasteiger partial charge in [-0.1, -0.05) is 39.4 Å². The van der Waals surface area contributed by atoms with Crippen molar-refractivity contribution in [2.24, 2.45) is 5.92 Å². The van der Waals surface area contributed by atoms with Crippen molar-refractivity contribution in [1.29, 1.82) is 0 Å². The molecule has 3 rings (SSSR count). The van der Waals surface area contributed by atoms with Crippen LogP contribution in [-0.4, -0.2) is 33.8 Å².